The number of nitrogens with zero attached hydrogens (tertiary/aromatic N) is 1. The molecule has 0 aromatic carbocycles. The van der Waals surface area contributed by atoms with E-state index in [9.17, 15) is 19.0 Å². The molecule has 0 saturated heterocycles. The number of quaternary nitrogens is 1. The maximum Gasteiger partial charge on any atom is 0.472 e. The highest BCUT2D eigenvalue weighted by atomic mass is 31.2. The van der Waals surface area contributed by atoms with E-state index in [1.807, 2.05) is 21.1 Å². The number of carbonyl (C=O) groups excluding carboxylic acids is 2. The molecule has 0 aromatic rings. The van der Waals surface area contributed by atoms with Crippen LogP contribution in [0.15, 0.2) is 97.2 Å². The van der Waals surface area contributed by atoms with Crippen molar-refractivity contribution < 1.29 is 42.1 Å². The Labute approximate surface area is 373 Å². The SMILES string of the molecule is CC/C=C\C/C=C\C/C=C\C/C=C\C/C=C\C/C=C\C/C=C\C/C=C\CCCCC(=O)OC(COC(=O)CCCCCCCCCCCC)COP(=O)(O)OCC[N+](C)(C)C. The minimum absolute atomic E-state index is 0.0185. The molecule has 0 fully saturated rings. The molecule has 0 aliphatic heterocycles. The molecule has 61 heavy (non-hydrogen) atoms. The lowest BCUT2D eigenvalue weighted by Crippen LogP contribution is -2.37. The van der Waals surface area contributed by atoms with Crippen LogP contribution in [0.5, 0.6) is 0 Å². The van der Waals surface area contributed by atoms with Crippen molar-refractivity contribution in [2.75, 3.05) is 47.5 Å². The van der Waals surface area contributed by atoms with Crippen molar-refractivity contribution in [1.29, 1.82) is 0 Å². The van der Waals surface area contributed by atoms with E-state index in [0.717, 1.165) is 83.5 Å². The number of esters is 2. The fourth-order valence-corrected chi connectivity index (χ4v) is 6.48. The summed E-state index contributed by atoms with van der Waals surface area (Å²) in [5.74, 6) is -0.860. The van der Waals surface area contributed by atoms with E-state index in [1.54, 1.807) is 0 Å². The van der Waals surface area contributed by atoms with E-state index in [2.05, 4.69) is 111 Å². The standard InChI is InChI=1S/C51H86NO8P/c1-6-8-10-12-14-16-18-19-20-21-22-23-24-25-26-27-28-29-30-31-32-33-34-36-38-40-42-44-51(54)60-49(48-59-61(55,56)58-46-45-52(3,4)5)47-57-50(53)43-41-39-37-35-17-15-13-11-9-7-2/h8,10,14,16,19-20,22-23,25-26,28-29,31-32,34,36,49H,6-7,9,11-13,15,17-18,21,24,27,30,33,35,37-48H2,1-5H3/p+1/b10-8-,16-14-,20-19-,23-22-,26-25-,29-28-,32-31-,36-34-. The Hall–Kier alpha value is -3.07. The highest BCUT2D eigenvalue weighted by molar-refractivity contribution is 7.47. The predicted molar refractivity (Wildman–Crippen MR) is 256 cm³/mol. The average molecular weight is 873 g/mol. The molecular weight excluding hydrogens is 786 g/mol. The molecule has 0 aromatic heterocycles. The van der Waals surface area contributed by atoms with E-state index in [1.165, 1.54) is 44.9 Å². The highest BCUT2D eigenvalue weighted by Gasteiger charge is 2.27. The molecule has 2 atom stereocenters. The van der Waals surface area contributed by atoms with E-state index in [-0.39, 0.29) is 32.0 Å². The zero-order chi connectivity index (χ0) is 45.0. The Morgan fingerprint density at radius 1 is 0.525 bits per heavy atom. The highest BCUT2D eigenvalue weighted by Crippen LogP contribution is 2.43. The average Bonchev–Trinajstić information content (AvgIpc) is 3.21. The van der Waals surface area contributed by atoms with Crippen LogP contribution in [0.25, 0.3) is 0 Å². The number of likely N-dealkylation sites (N-methyl/N-ethyl adjacent to an activating group) is 1. The minimum atomic E-state index is -4.39. The van der Waals surface area contributed by atoms with Gasteiger partial charge in [-0.15, -0.1) is 0 Å². The Morgan fingerprint density at radius 2 is 0.934 bits per heavy atom. The summed E-state index contributed by atoms with van der Waals surface area (Å²) in [5, 5.41) is 0. The number of hydrogen-bond acceptors (Lipinski definition) is 7. The molecule has 348 valence electrons. The molecule has 0 aliphatic carbocycles. The van der Waals surface area contributed by atoms with Crippen LogP contribution >= 0.6 is 7.82 Å². The van der Waals surface area contributed by atoms with Gasteiger partial charge in [-0.1, -0.05) is 169 Å². The predicted octanol–water partition coefficient (Wildman–Crippen LogP) is 13.7. The summed E-state index contributed by atoms with van der Waals surface area (Å²) < 4.78 is 34.2. The van der Waals surface area contributed by atoms with Gasteiger partial charge < -0.3 is 18.9 Å². The van der Waals surface area contributed by atoms with Gasteiger partial charge in [-0.3, -0.25) is 18.6 Å². The second kappa shape index (κ2) is 42.2. The second-order valence-electron chi connectivity index (χ2n) is 16.4. The van der Waals surface area contributed by atoms with Crippen LogP contribution in [-0.4, -0.2) is 74.9 Å². The van der Waals surface area contributed by atoms with Crippen LogP contribution in [0.4, 0.5) is 0 Å². The van der Waals surface area contributed by atoms with Crippen molar-refractivity contribution in [3.05, 3.63) is 97.2 Å². The molecule has 10 heteroatoms. The summed E-state index contributed by atoms with van der Waals surface area (Å²) in [4.78, 5) is 35.3. The summed E-state index contributed by atoms with van der Waals surface area (Å²) in [6.45, 7) is 4.22. The van der Waals surface area contributed by atoms with Crippen LogP contribution in [0, 0.1) is 0 Å². The number of phosphoric ester groups is 1. The molecule has 2 unspecified atom stereocenters. The van der Waals surface area contributed by atoms with Crippen LogP contribution in [0.3, 0.4) is 0 Å². The van der Waals surface area contributed by atoms with E-state index in [4.69, 9.17) is 18.5 Å². The van der Waals surface area contributed by atoms with Crippen molar-refractivity contribution in [2.24, 2.45) is 0 Å². The van der Waals surface area contributed by atoms with Gasteiger partial charge in [-0.2, -0.15) is 0 Å². The van der Waals surface area contributed by atoms with Gasteiger partial charge in [-0.25, -0.2) is 4.57 Å². The van der Waals surface area contributed by atoms with Gasteiger partial charge in [0.1, 0.15) is 19.8 Å². The van der Waals surface area contributed by atoms with Crippen molar-refractivity contribution in [1.82, 2.24) is 0 Å². The molecule has 1 N–H and O–H groups in total. The zero-order valence-corrected chi connectivity index (χ0v) is 40.0. The fraction of sp³-hybridized carbons (Fsp3) is 0.647. The third-order valence-corrected chi connectivity index (χ3v) is 10.4. The Bertz CT molecular complexity index is 1350. The zero-order valence-electron chi connectivity index (χ0n) is 39.1. The lowest BCUT2D eigenvalue weighted by molar-refractivity contribution is -0.870. The lowest BCUT2D eigenvalue weighted by Gasteiger charge is -2.24. The van der Waals surface area contributed by atoms with Gasteiger partial charge in [0.25, 0.3) is 0 Å². The third-order valence-electron chi connectivity index (χ3n) is 9.38. The Balaban J connectivity index is 4.37. The molecule has 0 bridgehead atoms. The number of ether oxygens (including phenoxy) is 2. The number of carbonyl (C=O) groups is 2. The number of unbranched alkanes of at least 4 members (excludes halogenated alkanes) is 11. The Morgan fingerprint density at radius 3 is 1.39 bits per heavy atom. The number of phosphoric acid groups is 1. The first-order valence-corrected chi connectivity index (χ1v) is 25.0. The maximum atomic E-state index is 12.7. The molecule has 0 amide bonds. The van der Waals surface area contributed by atoms with Crippen molar-refractivity contribution in [3.8, 4) is 0 Å². The van der Waals surface area contributed by atoms with Gasteiger partial charge in [0.05, 0.1) is 27.7 Å². The molecule has 0 rings (SSSR count). The van der Waals surface area contributed by atoms with E-state index >= 15 is 0 Å². The Kier molecular flexibility index (Phi) is 40.1. The maximum absolute atomic E-state index is 12.7. The van der Waals surface area contributed by atoms with Gasteiger partial charge in [-0.05, 0) is 77.0 Å². The molecule has 0 spiro atoms. The summed E-state index contributed by atoms with van der Waals surface area (Å²) in [6.07, 6.45) is 56.1. The molecule has 0 saturated carbocycles. The van der Waals surface area contributed by atoms with Gasteiger partial charge >= 0.3 is 19.8 Å². The van der Waals surface area contributed by atoms with Gasteiger partial charge in [0.15, 0.2) is 6.10 Å². The van der Waals surface area contributed by atoms with Gasteiger partial charge in [0, 0.05) is 12.8 Å². The van der Waals surface area contributed by atoms with E-state index in [0.29, 0.717) is 17.4 Å². The fourth-order valence-electron chi connectivity index (χ4n) is 5.73. The summed E-state index contributed by atoms with van der Waals surface area (Å²) in [7, 11) is 1.43. The normalized spacial score (nSPS) is 14.4. The summed E-state index contributed by atoms with van der Waals surface area (Å²) in [5.41, 5.74) is 0. The lowest BCUT2D eigenvalue weighted by atomic mass is 10.1. The smallest absolute Gasteiger partial charge is 0.462 e. The van der Waals surface area contributed by atoms with Crippen molar-refractivity contribution in [3.63, 3.8) is 0 Å². The monoisotopic (exact) mass is 873 g/mol. The minimum Gasteiger partial charge on any atom is -0.462 e. The van der Waals surface area contributed by atoms with Gasteiger partial charge in [0.2, 0.25) is 0 Å². The molecule has 0 radical (unpaired) electrons. The second-order valence-corrected chi connectivity index (χ2v) is 17.9. The quantitative estimate of drug-likeness (QED) is 0.0213. The first-order chi connectivity index (χ1) is 29.5. The first-order valence-electron chi connectivity index (χ1n) is 23.5. The van der Waals surface area contributed by atoms with E-state index < -0.39 is 26.5 Å². The summed E-state index contributed by atoms with van der Waals surface area (Å²) in [6, 6.07) is 0. The first kappa shape index (κ1) is 57.9. The molecule has 0 aliphatic rings. The van der Waals surface area contributed by atoms with Crippen molar-refractivity contribution >= 4 is 19.8 Å². The largest absolute Gasteiger partial charge is 0.472 e. The molecule has 9 nitrogen and oxygen atoms in total. The molecule has 0 heterocycles. The number of hydrogen-bond donors (Lipinski definition) is 1. The number of rotatable bonds is 41. The third kappa shape index (κ3) is 46.3. The number of allylic oxidation sites excluding steroid dienone is 16. The van der Waals surface area contributed by atoms with Crippen LogP contribution in [0.2, 0.25) is 0 Å². The topological polar surface area (TPSA) is 108 Å². The van der Waals surface area contributed by atoms with Crippen molar-refractivity contribution in [2.45, 2.75) is 168 Å². The molecular formula is C51H87NO8P+. The van der Waals surface area contributed by atoms with Crippen LogP contribution in [0.1, 0.15) is 162 Å². The van der Waals surface area contributed by atoms with Crippen LogP contribution < -0.4 is 0 Å². The summed E-state index contributed by atoms with van der Waals surface area (Å²) >= 11 is 0. The van der Waals surface area contributed by atoms with Crippen LogP contribution in [-0.2, 0) is 32.7 Å².